The molecular formula is C14H18N2O4. The molecule has 0 saturated carbocycles. The molecule has 0 aromatic heterocycles. The van der Waals surface area contributed by atoms with Crippen LogP contribution in [0.2, 0.25) is 0 Å². The number of para-hydroxylation sites is 2. The molecule has 0 spiro atoms. The standard InChI is InChI=1S/C14H18N2O4/c1-8(9(2)15)13(17)16-7-12(14(18)19)20-11-6-4-3-5-10(11)16/h3-6,8-9,12H,7,15H2,1-2H3,(H,18,19). The minimum Gasteiger partial charge on any atom is -0.478 e. The Hall–Kier alpha value is -2.08. The molecule has 2 rings (SSSR count). The van der Waals surface area contributed by atoms with Crippen molar-refractivity contribution in [1.82, 2.24) is 0 Å². The summed E-state index contributed by atoms with van der Waals surface area (Å²) in [7, 11) is 0. The molecule has 1 amide bonds. The molecule has 1 aromatic carbocycles. The number of carboxylic acid groups (broad SMARTS) is 1. The molecule has 3 unspecified atom stereocenters. The van der Waals surface area contributed by atoms with Crippen molar-refractivity contribution in [1.29, 1.82) is 0 Å². The van der Waals surface area contributed by atoms with Gasteiger partial charge in [0.15, 0.2) is 0 Å². The molecule has 3 atom stereocenters. The molecule has 1 aromatic rings. The van der Waals surface area contributed by atoms with E-state index in [9.17, 15) is 9.59 Å². The Kier molecular flexibility index (Phi) is 3.94. The Morgan fingerprint density at radius 3 is 2.65 bits per heavy atom. The number of nitrogens with two attached hydrogens (primary N) is 1. The lowest BCUT2D eigenvalue weighted by Gasteiger charge is -2.35. The first kappa shape index (κ1) is 14.3. The van der Waals surface area contributed by atoms with Crippen LogP contribution in [0.25, 0.3) is 0 Å². The van der Waals surface area contributed by atoms with Gasteiger partial charge in [-0.05, 0) is 19.1 Å². The van der Waals surface area contributed by atoms with Gasteiger partial charge >= 0.3 is 5.97 Å². The van der Waals surface area contributed by atoms with Crippen LogP contribution in [0.4, 0.5) is 5.69 Å². The first-order valence-electron chi connectivity index (χ1n) is 6.47. The molecule has 0 aliphatic carbocycles. The Balaban J connectivity index is 2.36. The fourth-order valence-corrected chi connectivity index (χ4v) is 2.04. The summed E-state index contributed by atoms with van der Waals surface area (Å²) < 4.78 is 5.39. The molecule has 1 aliphatic rings. The summed E-state index contributed by atoms with van der Waals surface area (Å²) in [6.07, 6.45) is -1.06. The molecule has 3 N–H and O–H groups in total. The SMILES string of the molecule is CC(N)C(C)C(=O)N1CC(C(=O)O)Oc2ccccc21. The van der Waals surface area contributed by atoms with E-state index >= 15 is 0 Å². The lowest BCUT2D eigenvalue weighted by Crippen LogP contribution is -2.50. The second-order valence-corrected chi connectivity index (χ2v) is 5.01. The van der Waals surface area contributed by atoms with Crippen LogP contribution in [0.3, 0.4) is 0 Å². The molecule has 108 valence electrons. The summed E-state index contributed by atoms with van der Waals surface area (Å²) in [5.41, 5.74) is 6.35. The lowest BCUT2D eigenvalue weighted by molar-refractivity contribution is -0.145. The van der Waals surface area contributed by atoms with E-state index in [0.717, 1.165) is 0 Å². The van der Waals surface area contributed by atoms with Gasteiger partial charge in [0.05, 0.1) is 18.2 Å². The summed E-state index contributed by atoms with van der Waals surface area (Å²) in [6, 6.07) is 6.60. The van der Waals surface area contributed by atoms with Crippen LogP contribution in [0.5, 0.6) is 5.75 Å². The number of fused-ring (bicyclic) bond motifs is 1. The fourth-order valence-electron chi connectivity index (χ4n) is 2.04. The number of hydrogen-bond donors (Lipinski definition) is 2. The van der Waals surface area contributed by atoms with Crippen molar-refractivity contribution in [2.24, 2.45) is 11.7 Å². The van der Waals surface area contributed by atoms with Crippen molar-refractivity contribution in [2.75, 3.05) is 11.4 Å². The average molecular weight is 278 g/mol. The number of hydrogen-bond acceptors (Lipinski definition) is 4. The van der Waals surface area contributed by atoms with Crippen molar-refractivity contribution in [3.05, 3.63) is 24.3 Å². The van der Waals surface area contributed by atoms with E-state index in [2.05, 4.69) is 0 Å². The van der Waals surface area contributed by atoms with Gasteiger partial charge in [0.25, 0.3) is 0 Å². The minimum atomic E-state index is -1.09. The van der Waals surface area contributed by atoms with Gasteiger partial charge in [0.2, 0.25) is 12.0 Å². The Labute approximate surface area is 117 Å². The van der Waals surface area contributed by atoms with Crippen LogP contribution in [0, 0.1) is 5.92 Å². The quantitative estimate of drug-likeness (QED) is 0.855. The maximum absolute atomic E-state index is 12.5. The van der Waals surface area contributed by atoms with Crippen molar-refractivity contribution < 1.29 is 19.4 Å². The third-order valence-electron chi connectivity index (χ3n) is 3.49. The van der Waals surface area contributed by atoms with Crippen molar-refractivity contribution >= 4 is 17.6 Å². The molecule has 6 nitrogen and oxygen atoms in total. The Bertz CT molecular complexity index is 530. The maximum atomic E-state index is 12.5. The predicted molar refractivity (Wildman–Crippen MR) is 73.7 cm³/mol. The maximum Gasteiger partial charge on any atom is 0.346 e. The van der Waals surface area contributed by atoms with E-state index in [1.54, 1.807) is 38.1 Å². The van der Waals surface area contributed by atoms with Crippen molar-refractivity contribution in [3.8, 4) is 5.75 Å². The van der Waals surface area contributed by atoms with Crippen molar-refractivity contribution in [2.45, 2.75) is 26.0 Å². The van der Waals surface area contributed by atoms with E-state index in [0.29, 0.717) is 11.4 Å². The molecular weight excluding hydrogens is 260 g/mol. The van der Waals surface area contributed by atoms with E-state index in [-0.39, 0.29) is 18.5 Å². The Morgan fingerprint density at radius 2 is 2.05 bits per heavy atom. The van der Waals surface area contributed by atoms with Gasteiger partial charge in [0.1, 0.15) is 5.75 Å². The summed E-state index contributed by atoms with van der Waals surface area (Å²) in [6.45, 7) is 3.48. The van der Waals surface area contributed by atoms with Gasteiger partial charge in [-0.25, -0.2) is 4.79 Å². The normalized spacial score (nSPS) is 20.6. The number of amides is 1. The van der Waals surface area contributed by atoms with Crippen LogP contribution in [-0.4, -0.2) is 35.7 Å². The molecule has 20 heavy (non-hydrogen) atoms. The highest BCUT2D eigenvalue weighted by molar-refractivity contribution is 5.98. The number of anilines is 1. The van der Waals surface area contributed by atoms with Crippen LogP contribution in [0.1, 0.15) is 13.8 Å². The minimum absolute atomic E-state index is 0.0117. The van der Waals surface area contributed by atoms with E-state index in [1.807, 2.05) is 0 Å². The second-order valence-electron chi connectivity index (χ2n) is 5.01. The number of nitrogens with zero attached hydrogens (tertiary/aromatic N) is 1. The van der Waals surface area contributed by atoms with Crippen LogP contribution >= 0.6 is 0 Å². The smallest absolute Gasteiger partial charge is 0.346 e. The molecule has 0 bridgehead atoms. The van der Waals surface area contributed by atoms with E-state index in [1.165, 1.54) is 4.90 Å². The highest BCUT2D eigenvalue weighted by Gasteiger charge is 2.35. The van der Waals surface area contributed by atoms with Crippen molar-refractivity contribution in [3.63, 3.8) is 0 Å². The molecule has 1 aliphatic heterocycles. The molecule has 0 saturated heterocycles. The van der Waals surface area contributed by atoms with Crippen LogP contribution < -0.4 is 15.4 Å². The third-order valence-corrected chi connectivity index (χ3v) is 3.49. The predicted octanol–water partition coefficient (Wildman–Crippen LogP) is 0.849. The van der Waals surface area contributed by atoms with Gasteiger partial charge in [-0.2, -0.15) is 0 Å². The zero-order valence-electron chi connectivity index (χ0n) is 11.4. The first-order chi connectivity index (χ1) is 9.41. The van der Waals surface area contributed by atoms with Gasteiger partial charge in [0, 0.05) is 6.04 Å². The summed E-state index contributed by atoms with van der Waals surface area (Å²) >= 11 is 0. The number of ether oxygens (including phenoxy) is 1. The van der Waals surface area contributed by atoms with E-state index < -0.39 is 18.0 Å². The average Bonchev–Trinajstić information content (AvgIpc) is 2.44. The number of benzene rings is 1. The summed E-state index contributed by atoms with van der Waals surface area (Å²) in [4.78, 5) is 25.1. The molecule has 6 heteroatoms. The molecule has 0 radical (unpaired) electrons. The zero-order valence-corrected chi connectivity index (χ0v) is 11.4. The number of carbonyl (C=O) groups excluding carboxylic acids is 1. The monoisotopic (exact) mass is 278 g/mol. The second kappa shape index (κ2) is 5.50. The zero-order chi connectivity index (χ0) is 14.9. The molecule has 0 fully saturated rings. The highest BCUT2D eigenvalue weighted by atomic mass is 16.5. The van der Waals surface area contributed by atoms with Crippen LogP contribution in [0.15, 0.2) is 24.3 Å². The van der Waals surface area contributed by atoms with Gasteiger partial charge < -0.3 is 20.5 Å². The number of rotatable bonds is 3. The van der Waals surface area contributed by atoms with Crippen LogP contribution in [-0.2, 0) is 9.59 Å². The number of aliphatic carboxylic acids is 1. The lowest BCUT2D eigenvalue weighted by atomic mass is 10.0. The highest BCUT2D eigenvalue weighted by Crippen LogP contribution is 2.34. The number of carboxylic acids is 1. The van der Waals surface area contributed by atoms with Gasteiger partial charge in [-0.15, -0.1) is 0 Å². The third kappa shape index (κ3) is 2.60. The van der Waals surface area contributed by atoms with Gasteiger partial charge in [-0.1, -0.05) is 19.1 Å². The number of carbonyl (C=O) groups is 2. The first-order valence-corrected chi connectivity index (χ1v) is 6.47. The fraction of sp³-hybridized carbons (Fsp3) is 0.429. The summed E-state index contributed by atoms with van der Waals surface area (Å²) in [5.74, 6) is -1.28. The summed E-state index contributed by atoms with van der Waals surface area (Å²) in [5, 5.41) is 9.12. The molecule has 1 heterocycles. The Morgan fingerprint density at radius 1 is 1.40 bits per heavy atom. The van der Waals surface area contributed by atoms with Gasteiger partial charge in [-0.3, -0.25) is 4.79 Å². The topological polar surface area (TPSA) is 92.9 Å². The largest absolute Gasteiger partial charge is 0.478 e. The van der Waals surface area contributed by atoms with E-state index in [4.69, 9.17) is 15.6 Å².